The van der Waals surface area contributed by atoms with Crippen molar-refractivity contribution in [1.29, 1.82) is 0 Å². The molecule has 2 nitrogen and oxygen atoms in total. The van der Waals surface area contributed by atoms with Crippen molar-refractivity contribution >= 4 is 0 Å². The molecule has 0 bridgehead atoms. The first kappa shape index (κ1) is 14.0. The fourth-order valence-corrected chi connectivity index (χ4v) is 1.85. The van der Waals surface area contributed by atoms with Crippen molar-refractivity contribution in [2.45, 2.75) is 46.1 Å². The van der Waals surface area contributed by atoms with Crippen molar-refractivity contribution in [3.63, 3.8) is 0 Å². The predicted octanol–water partition coefficient (Wildman–Crippen LogP) is 3.54. The molecule has 0 spiro atoms. The van der Waals surface area contributed by atoms with Crippen molar-refractivity contribution in [2.75, 3.05) is 13.1 Å². The van der Waals surface area contributed by atoms with E-state index in [1.54, 1.807) is 0 Å². The lowest BCUT2D eigenvalue weighted by Gasteiger charge is -2.19. The quantitative estimate of drug-likeness (QED) is 0.696. The number of ether oxygens (including phenoxy) is 1. The Balaban J connectivity index is 2.47. The Bertz CT molecular complexity index is 312. The molecule has 0 aliphatic rings. The molecule has 0 aromatic heterocycles. The zero-order chi connectivity index (χ0) is 12.5. The van der Waals surface area contributed by atoms with Crippen LogP contribution in [-0.4, -0.2) is 19.2 Å². The van der Waals surface area contributed by atoms with Gasteiger partial charge in [-0.15, -0.1) is 0 Å². The number of nitrogens with one attached hydrogen (secondary N) is 1. The largest absolute Gasteiger partial charge is 0.489 e. The Labute approximate surface area is 105 Å². The summed E-state index contributed by atoms with van der Waals surface area (Å²) in [6.07, 6.45) is 3.71. The van der Waals surface area contributed by atoms with Crippen LogP contribution in [0.15, 0.2) is 24.3 Å². The molecule has 17 heavy (non-hydrogen) atoms. The third-order valence-electron chi connectivity index (χ3n) is 2.70. The summed E-state index contributed by atoms with van der Waals surface area (Å²) in [5.74, 6) is 0.988. The minimum absolute atomic E-state index is 0.286. The van der Waals surface area contributed by atoms with Gasteiger partial charge in [-0.05, 0) is 44.0 Å². The third kappa shape index (κ3) is 5.73. The first-order valence-electron chi connectivity index (χ1n) is 6.70. The van der Waals surface area contributed by atoms with Crippen LogP contribution in [0.25, 0.3) is 0 Å². The van der Waals surface area contributed by atoms with Crippen LogP contribution in [0.2, 0.25) is 0 Å². The average molecular weight is 235 g/mol. The van der Waals surface area contributed by atoms with Gasteiger partial charge in [0.05, 0.1) is 0 Å². The maximum atomic E-state index is 6.02. The van der Waals surface area contributed by atoms with Crippen molar-refractivity contribution in [3.8, 4) is 5.75 Å². The van der Waals surface area contributed by atoms with Crippen LogP contribution in [0, 0.1) is 6.92 Å². The van der Waals surface area contributed by atoms with Gasteiger partial charge in [-0.1, -0.05) is 32.4 Å². The molecule has 1 aromatic carbocycles. The first-order valence-corrected chi connectivity index (χ1v) is 6.70. The number of hydrogen-bond acceptors (Lipinski definition) is 2. The molecule has 0 saturated heterocycles. The van der Waals surface area contributed by atoms with Gasteiger partial charge in [-0.25, -0.2) is 0 Å². The zero-order valence-electron chi connectivity index (χ0n) is 11.3. The summed E-state index contributed by atoms with van der Waals surface area (Å²) in [5.41, 5.74) is 1.25. The topological polar surface area (TPSA) is 21.3 Å². The third-order valence-corrected chi connectivity index (χ3v) is 2.70. The smallest absolute Gasteiger partial charge is 0.120 e. The zero-order valence-corrected chi connectivity index (χ0v) is 11.3. The summed E-state index contributed by atoms with van der Waals surface area (Å²) >= 11 is 0. The summed E-state index contributed by atoms with van der Waals surface area (Å²) in [4.78, 5) is 0. The molecule has 0 aliphatic carbocycles. The highest BCUT2D eigenvalue weighted by molar-refractivity contribution is 5.27. The van der Waals surface area contributed by atoms with Crippen LogP contribution in [0.1, 0.15) is 38.7 Å². The van der Waals surface area contributed by atoms with E-state index in [1.165, 1.54) is 12.0 Å². The fraction of sp³-hybridized carbons (Fsp3) is 0.600. The van der Waals surface area contributed by atoms with Crippen LogP contribution in [0.5, 0.6) is 5.75 Å². The van der Waals surface area contributed by atoms with Crippen molar-refractivity contribution in [3.05, 3.63) is 29.8 Å². The van der Waals surface area contributed by atoms with Crippen molar-refractivity contribution in [1.82, 2.24) is 5.32 Å². The van der Waals surface area contributed by atoms with E-state index in [2.05, 4.69) is 38.2 Å². The highest BCUT2D eigenvalue weighted by atomic mass is 16.5. The van der Waals surface area contributed by atoms with Gasteiger partial charge in [0.1, 0.15) is 11.9 Å². The molecule has 1 unspecified atom stereocenters. The van der Waals surface area contributed by atoms with E-state index < -0.39 is 0 Å². The Morgan fingerprint density at radius 3 is 2.71 bits per heavy atom. The predicted molar refractivity (Wildman–Crippen MR) is 73.7 cm³/mol. The van der Waals surface area contributed by atoms with Crippen LogP contribution in [0.4, 0.5) is 0 Å². The second-order valence-corrected chi connectivity index (χ2v) is 4.55. The normalized spacial score (nSPS) is 12.4. The maximum Gasteiger partial charge on any atom is 0.120 e. The Kier molecular flexibility index (Phi) is 6.71. The number of rotatable bonds is 8. The minimum Gasteiger partial charge on any atom is -0.489 e. The number of benzene rings is 1. The van der Waals surface area contributed by atoms with Crippen LogP contribution in [0.3, 0.4) is 0 Å². The summed E-state index contributed by atoms with van der Waals surface area (Å²) in [5, 5.41) is 3.43. The van der Waals surface area contributed by atoms with Gasteiger partial charge >= 0.3 is 0 Å². The van der Waals surface area contributed by atoms with E-state index in [9.17, 15) is 0 Å². The molecule has 0 amide bonds. The van der Waals surface area contributed by atoms with Gasteiger partial charge in [-0.2, -0.15) is 0 Å². The lowest BCUT2D eigenvalue weighted by atomic mass is 10.2. The second-order valence-electron chi connectivity index (χ2n) is 4.55. The van der Waals surface area contributed by atoms with E-state index in [-0.39, 0.29) is 6.10 Å². The summed E-state index contributed by atoms with van der Waals surface area (Å²) in [6, 6.07) is 8.28. The van der Waals surface area contributed by atoms with E-state index >= 15 is 0 Å². The molecular weight excluding hydrogens is 210 g/mol. The molecule has 1 rings (SSSR count). The van der Waals surface area contributed by atoms with Gasteiger partial charge in [0.25, 0.3) is 0 Å². The molecular formula is C15H25NO. The van der Waals surface area contributed by atoms with E-state index in [0.29, 0.717) is 0 Å². The molecule has 1 N–H and O–H groups in total. The van der Waals surface area contributed by atoms with Gasteiger partial charge in [0.15, 0.2) is 0 Å². The second kappa shape index (κ2) is 8.13. The van der Waals surface area contributed by atoms with E-state index in [0.717, 1.165) is 31.7 Å². The summed E-state index contributed by atoms with van der Waals surface area (Å²) < 4.78 is 6.02. The Morgan fingerprint density at radius 2 is 2.06 bits per heavy atom. The molecule has 0 saturated carbocycles. The van der Waals surface area contributed by atoms with Gasteiger partial charge < -0.3 is 10.1 Å². The highest BCUT2D eigenvalue weighted by Crippen LogP contribution is 2.15. The van der Waals surface area contributed by atoms with Gasteiger partial charge in [0.2, 0.25) is 0 Å². The molecule has 2 heteroatoms. The number of aryl methyl sites for hydroxylation is 1. The SMILES string of the molecule is CCCNCC(CCC)Oc1cccc(C)c1. The molecule has 96 valence electrons. The summed E-state index contributed by atoms with van der Waals surface area (Å²) in [7, 11) is 0. The number of hydrogen-bond donors (Lipinski definition) is 1. The molecule has 0 heterocycles. The van der Waals surface area contributed by atoms with E-state index in [1.807, 2.05) is 12.1 Å². The molecule has 1 aromatic rings. The van der Waals surface area contributed by atoms with Crippen LogP contribution >= 0.6 is 0 Å². The maximum absolute atomic E-state index is 6.02. The summed E-state index contributed by atoms with van der Waals surface area (Å²) in [6.45, 7) is 8.49. The van der Waals surface area contributed by atoms with Crippen molar-refractivity contribution < 1.29 is 4.74 Å². The molecule has 0 aliphatic heterocycles. The standard InChI is InChI=1S/C15H25NO/c1-4-7-15(12-16-10-5-2)17-14-9-6-8-13(3)11-14/h6,8-9,11,15-16H,4-5,7,10,12H2,1-3H3. The highest BCUT2D eigenvalue weighted by Gasteiger charge is 2.08. The Hall–Kier alpha value is -1.02. The van der Waals surface area contributed by atoms with E-state index in [4.69, 9.17) is 4.74 Å². The molecule has 0 radical (unpaired) electrons. The van der Waals surface area contributed by atoms with Gasteiger partial charge in [-0.3, -0.25) is 0 Å². The van der Waals surface area contributed by atoms with Crippen LogP contribution in [-0.2, 0) is 0 Å². The van der Waals surface area contributed by atoms with Crippen molar-refractivity contribution in [2.24, 2.45) is 0 Å². The minimum atomic E-state index is 0.286. The van der Waals surface area contributed by atoms with Crippen LogP contribution < -0.4 is 10.1 Å². The first-order chi connectivity index (χ1) is 8.26. The Morgan fingerprint density at radius 1 is 1.24 bits per heavy atom. The van der Waals surface area contributed by atoms with Gasteiger partial charge in [0, 0.05) is 6.54 Å². The monoisotopic (exact) mass is 235 g/mol. The fourth-order valence-electron chi connectivity index (χ4n) is 1.85. The average Bonchev–Trinajstić information content (AvgIpc) is 2.29. The lowest BCUT2D eigenvalue weighted by molar-refractivity contribution is 0.186. The lowest BCUT2D eigenvalue weighted by Crippen LogP contribution is -2.31. The molecule has 0 fully saturated rings. The molecule has 1 atom stereocenters.